The first-order chi connectivity index (χ1) is 9.66. The van der Waals surface area contributed by atoms with Crippen molar-refractivity contribution in [1.29, 1.82) is 0 Å². The third-order valence-electron chi connectivity index (χ3n) is 4.52. The first-order valence-electron chi connectivity index (χ1n) is 7.76. The van der Waals surface area contributed by atoms with Gasteiger partial charge >= 0.3 is 6.03 Å². The molecule has 1 saturated carbocycles. The lowest BCUT2D eigenvalue weighted by Gasteiger charge is -2.30. The molecule has 1 fully saturated rings. The van der Waals surface area contributed by atoms with Crippen LogP contribution in [0, 0.1) is 0 Å². The summed E-state index contributed by atoms with van der Waals surface area (Å²) in [5.41, 5.74) is 1.50. The van der Waals surface area contributed by atoms with E-state index in [9.17, 15) is 4.79 Å². The molecule has 0 heterocycles. The van der Waals surface area contributed by atoms with E-state index in [1.54, 1.807) is 0 Å². The highest BCUT2D eigenvalue weighted by Crippen LogP contribution is 2.40. The number of carbonyl (C=O) groups is 1. The number of urea groups is 1. The lowest BCUT2D eigenvalue weighted by Crippen LogP contribution is -2.46. The molecule has 3 nitrogen and oxygen atoms in total. The fraction of sp³-hybridized carbons (Fsp3) is 0.588. The highest BCUT2D eigenvalue weighted by Gasteiger charge is 2.35. The molecule has 2 rings (SSSR count). The molecular formula is C17H26N2O. The molecular weight excluding hydrogens is 248 g/mol. The van der Waals surface area contributed by atoms with Crippen LogP contribution in [-0.4, -0.2) is 18.6 Å². The Hall–Kier alpha value is -1.51. The zero-order valence-corrected chi connectivity index (χ0v) is 12.6. The quantitative estimate of drug-likeness (QED) is 0.846. The van der Waals surface area contributed by atoms with Crippen LogP contribution in [0.1, 0.15) is 51.5 Å². The molecule has 0 radical (unpaired) electrons. The van der Waals surface area contributed by atoms with E-state index in [0.29, 0.717) is 0 Å². The topological polar surface area (TPSA) is 41.1 Å². The summed E-state index contributed by atoms with van der Waals surface area (Å²) in [6, 6.07) is 10.8. The van der Waals surface area contributed by atoms with E-state index in [2.05, 4.69) is 47.9 Å². The predicted molar refractivity (Wildman–Crippen MR) is 82.9 cm³/mol. The first-order valence-corrected chi connectivity index (χ1v) is 7.76. The number of nitrogens with one attached hydrogen (secondary N) is 2. The van der Waals surface area contributed by atoms with Crippen molar-refractivity contribution < 1.29 is 4.79 Å². The lowest BCUT2D eigenvalue weighted by molar-refractivity contribution is 0.233. The van der Waals surface area contributed by atoms with Gasteiger partial charge in [0, 0.05) is 18.0 Å². The average Bonchev–Trinajstić information content (AvgIpc) is 2.96. The number of amides is 2. The molecule has 0 bridgehead atoms. The average molecular weight is 274 g/mol. The van der Waals surface area contributed by atoms with Crippen molar-refractivity contribution in [1.82, 2.24) is 10.6 Å². The fourth-order valence-corrected chi connectivity index (χ4v) is 3.04. The fourth-order valence-electron chi connectivity index (χ4n) is 3.04. The normalized spacial score (nSPS) is 18.5. The van der Waals surface area contributed by atoms with Gasteiger partial charge in [0.25, 0.3) is 0 Å². The van der Waals surface area contributed by atoms with Crippen molar-refractivity contribution >= 4 is 6.03 Å². The molecule has 0 aliphatic heterocycles. The van der Waals surface area contributed by atoms with E-state index in [4.69, 9.17) is 0 Å². The van der Waals surface area contributed by atoms with E-state index in [1.807, 2.05) is 6.92 Å². The molecule has 2 amide bonds. The van der Waals surface area contributed by atoms with Crippen molar-refractivity contribution in [3.8, 4) is 0 Å². The SMILES string of the molecule is CCC(C)NC(=O)NCC1(c2ccccc2)CCCC1. The third kappa shape index (κ3) is 3.53. The van der Waals surface area contributed by atoms with Gasteiger partial charge in [0.1, 0.15) is 0 Å². The summed E-state index contributed by atoms with van der Waals surface area (Å²) >= 11 is 0. The number of hydrogen-bond acceptors (Lipinski definition) is 1. The van der Waals surface area contributed by atoms with Gasteiger partial charge in [-0.2, -0.15) is 0 Å². The van der Waals surface area contributed by atoms with Crippen LogP contribution in [0.4, 0.5) is 4.79 Å². The molecule has 3 heteroatoms. The minimum atomic E-state index is -0.0402. The summed E-state index contributed by atoms with van der Waals surface area (Å²) in [5, 5.41) is 6.05. The number of carbonyl (C=O) groups excluding carboxylic acids is 1. The van der Waals surface area contributed by atoms with Gasteiger partial charge in [-0.25, -0.2) is 4.79 Å². The largest absolute Gasteiger partial charge is 0.337 e. The summed E-state index contributed by atoms with van der Waals surface area (Å²) < 4.78 is 0. The summed E-state index contributed by atoms with van der Waals surface area (Å²) in [5.74, 6) is 0. The van der Waals surface area contributed by atoms with Crippen LogP contribution >= 0.6 is 0 Å². The Morgan fingerprint density at radius 3 is 2.50 bits per heavy atom. The number of hydrogen-bond donors (Lipinski definition) is 2. The zero-order valence-electron chi connectivity index (χ0n) is 12.6. The van der Waals surface area contributed by atoms with Crippen molar-refractivity contribution in [2.24, 2.45) is 0 Å². The van der Waals surface area contributed by atoms with Crippen LogP contribution in [0.25, 0.3) is 0 Å². The molecule has 1 aromatic carbocycles. The van der Waals surface area contributed by atoms with E-state index < -0.39 is 0 Å². The highest BCUT2D eigenvalue weighted by molar-refractivity contribution is 5.74. The lowest BCUT2D eigenvalue weighted by atomic mass is 9.79. The summed E-state index contributed by atoms with van der Waals surface area (Å²) in [6.07, 6.45) is 5.80. The second-order valence-corrected chi connectivity index (χ2v) is 5.99. The molecule has 1 aromatic rings. The van der Waals surface area contributed by atoms with E-state index in [-0.39, 0.29) is 17.5 Å². The first kappa shape index (κ1) is 14.9. The van der Waals surface area contributed by atoms with Crippen molar-refractivity contribution in [3.63, 3.8) is 0 Å². The van der Waals surface area contributed by atoms with Crippen LogP contribution in [0.15, 0.2) is 30.3 Å². The molecule has 0 saturated heterocycles. The molecule has 20 heavy (non-hydrogen) atoms. The Labute approximate surface area is 122 Å². The maximum absolute atomic E-state index is 11.9. The Morgan fingerprint density at radius 1 is 1.25 bits per heavy atom. The molecule has 0 aromatic heterocycles. The smallest absolute Gasteiger partial charge is 0.315 e. The second-order valence-electron chi connectivity index (χ2n) is 5.99. The maximum Gasteiger partial charge on any atom is 0.315 e. The zero-order chi connectivity index (χ0) is 14.4. The summed E-state index contributed by atoms with van der Waals surface area (Å²) in [7, 11) is 0. The van der Waals surface area contributed by atoms with Crippen molar-refractivity contribution in [3.05, 3.63) is 35.9 Å². The van der Waals surface area contributed by atoms with Crippen molar-refractivity contribution in [2.45, 2.75) is 57.4 Å². The molecule has 1 atom stereocenters. The monoisotopic (exact) mass is 274 g/mol. The Bertz CT molecular complexity index is 424. The standard InChI is InChI=1S/C17H26N2O/c1-3-14(2)19-16(20)18-13-17(11-7-8-12-17)15-9-5-4-6-10-15/h4-6,9-10,14H,3,7-8,11-13H2,1-2H3,(H2,18,19,20). The second kappa shape index (κ2) is 6.78. The summed E-state index contributed by atoms with van der Waals surface area (Å²) in [4.78, 5) is 11.9. The van der Waals surface area contributed by atoms with Gasteiger partial charge in [0.15, 0.2) is 0 Å². The molecule has 2 N–H and O–H groups in total. The van der Waals surface area contributed by atoms with Crippen LogP contribution in [-0.2, 0) is 5.41 Å². The van der Waals surface area contributed by atoms with Crippen molar-refractivity contribution in [2.75, 3.05) is 6.54 Å². The van der Waals surface area contributed by atoms with Crippen LogP contribution in [0.2, 0.25) is 0 Å². The summed E-state index contributed by atoms with van der Waals surface area (Å²) in [6.45, 7) is 4.84. The number of benzene rings is 1. The predicted octanol–water partition coefficient (Wildman–Crippen LogP) is 3.60. The van der Waals surface area contributed by atoms with Gasteiger partial charge in [-0.05, 0) is 31.7 Å². The Morgan fingerprint density at radius 2 is 1.90 bits per heavy atom. The third-order valence-corrected chi connectivity index (χ3v) is 4.52. The van der Waals surface area contributed by atoms with Crippen LogP contribution in [0.5, 0.6) is 0 Å². The van der Waals surface area contributed by atoms with Crippen LogP contribution < -0.4 is 10.6 Å². The molecule has 110 valence electrons. The van der Waals surface area contributed by atoms with E-state index in [1.165, 1.54) is 31.2 Å². The Balaban J connectivity index is 1.99. The minimum Gasteiger partial charge on any atom is -0.337 e. The van der Waals surface area contributed by atoms with Gasteiger partial charge in [-0.15, -0.1) is 0 Å². The van der Waals surface area contributed by atoms with Crippen LogP contribution in [0.3, 0.4) is 0 Å². The van der Waals surface area contributed by atoms with Gasteiger partial charge in [0.2, 0.25) is 0 Å². The van der Waals surface area contributed by atoms with E-state index in [0.717, 1.165) is 13.0 Å². The van der Waals surface area contributed by atoms with Gasteiger partial charge in [-0.1, -0.05) is 50.1 Å². The molecule has 1 aliphatic rings. The maximum atomic E-state index is 11.9. The Kier molecular flexibility index (Phi) is 5.05. The van der Waals surface area contributed by atoms with Gasteiger partial charge in [-0.3, -0.25) is 0 Å². The molecule has 1 unspecified atom stereocenters. The highest BCUT2D eigenvalue weighted by atomic mass is 16.2. The number of rotatable bonds is 5. The molecule has 0 spiro atoms. The van der Waals surface area contributed by atoms with Gasteiger partial charge < -0.3 is 10.6 Å². The van der Waals surface area contributed by atoms with E-state index >= 15 is 0 Å². The minimum absolute atomic E-state index is 0.0402. The molecule has 1 aliphatic carbocycles. The van der Waals surface area contributed by atoms with Gasteiger partial charge in [0.05, 0.1) is 0 Å².